The van der Waals surface area contributed by atoms with E-state index in [1.807, 2.05) is 0 Å². The molecule has 2 aliphatic heterocycles. The maximum absolute atomic E-state index is 13.0. The number of fused-ring (bicyclic) bond motifs is 1. The average molecular weight is 517 g/mol. The molecule has 0 radical (unpaired) electrons. The van der Waals surface area contributed by atoms with Crippen molar-refractivity contribution in [2.45, 2.75) is 22.1 Å². The third kappa shape index (κ3) is 4.34. The summed E-state index contributed by atoms with van der Waals surface area (Å²) in [6.07, 6.45) is 1.29. The minimum absolute atomic E-state index is 0.0292. The Morgan fingerprint density at radius 3 is 2.97 bits per heavy atom. The third-order valence-electron chi connectivity index (χ3n) is 4.51. The van der Waals surface area contributed by atoms with E-state index in [2.05, 4.69) is 30.1 Å². The van der Waals surface area contributed by atoms with Crippen LogP contribution in [-0.4, -0.2) is 92.8 Å². The molecule has 1 fully saturated rings. The SMILES string of the molecule is CO[C@@]1(NC(=O)CSCn2ncnn2)C(=O)N2C(C(=O)O)=C(CSc3ncsn3)CSC21. The van der Waals surface area contributed by atoms with Gasteiger partial charge in [-0.25, -0.2) is 9.78 Å². The van der Waals surface area contributed by atoms with Crippen molar-refractivity contribution in [1.29, 1.82) is 0 Å². The van der Waals surface area contributed by atoms with Crippen LogP contribution in [0.4, 0.5) is 0 Å². The molecule has 2 amide bonds. The Bertz CT molecular complexity index is 1030. The van der Waals surface area contributed by atoms with Gasteiger partial charge in [-0.2, -0.15) is 9.17 Å². The van der Waals surface area contributed by atoms with Crippen LogP contribution >= 0.6 is 46.8 Å². The Hall–Kier alpha value is -2.21. The lowest BCUT2D eigenvalue weighted by atomic mass is 9.98. The number of carboxylic acid groups (broad SMARTS) is 1. The van der Waals surface area contributed by atoms with Crippen molar-refractivity contribution in [3.63, 3.8) is 0 Å². The van der Waals surface area contributed by atoms with E-state index in [1.165, 1.54) is 70.0 Å². The van der Waals surface area contributed by atoms with Crippen LogP contribution in [0.5, 0.6) is 0 Å². The molecule has 2 aromatic heterocycles. The first-order valence-electron chi connectivity index (χ1n) is 8.90. The summed E-state index contributed by atoms with van der Waals surface area (Å²) in [7, 11) is 1.31. The number of β-lactam (4-membered cyclic amide) rings is 1. The number of methoxy groups -OCH3 is 1. The van der Waals surface area contributed by atoms with Crippen molar-refractivity contribution < 1.29 is 24.2 Å². The normalized spacial score (nSPS) is 22.5. The van der Waals surface area contributed by atoms with E-state index < -0.39 is 28.9 Å². The summed E-state index contributed by atoms with van der Waals surface area (Å²) < 4.78 is 9.53. The van der Waals surface area contributed by atoms with Crippen LogP contribution in [0.3, 0.4) is 0 Å². The number of hydrogen-bond acceptors (Lipinski definition) is 13. The number of aromatic nitrogens is 6. The van der Waals surface area contributed by atoms with Crippen molar-refractivity contribution >= 4 is 64.6 Å². The molecule has 17 heteroatoms. The second kappa shape index (κ2) is 9.74. The number of carbonyl (C=O) groups excluding carboxylic acids is 2. The molecule has 0 saturated carbocycles. The van der Waals surface area contributed by atoms with Gasteiger partial charge in [0.15, 0.2) is 11.5 Å². The molecule has 2 N–H and O–H groups in total. The van der Waals surface area contributed by atoms with Crippen LogP contribution in [0.2, 0.25) is 0 Å². The topological polar surface area (TPSA) is 165 Å². The Balaban J connectivity index is 1.43. The lowest BCUT2D eigenvalue weighted by Gasteiger charge is -2.55. The quantitative estimate of drug-likeness (QED) is 0.241. The number of thioether (sulfide) groups is 3. The summed E-state index contributed by atoms with van der Waals surface area (Å²) in [5.74, 6) is -1.23. The first-order chi connectivity index (χ1) is 15.5. The second-order valence-corrected chi connectivity index (χ2v) is 9.94. The van der Waals surface area contributed by atoms with Crippen molar-refractivity contribution in [2.75, 3.05) is 24.4 Å². The van der Waals surface area contributed by atoms with Crippen LogP contribution < -0.4 is 5.32 Å². The highest BCUT2D eigenvalue weighted by molar-refractivity contribution is 8.01. The first kappa shape index (κ1) is 23.0. The summed E-state index contributed by atoms with van der Waals surface area (Å²) in [6, 6.07) is 0. The molecule has 32 heavy (non-hydrogen) atoms. The zero-order valence-corrected chi connectivity index (χ0v) is 19.7. The molecule has 1 unspecified atom stereocenters. The Labute approximate surface area is 197 Å². The Morgan fingerprint density at radius 1 is 1.47 bits per heavy atom. The lowest BCUT2D eigenvalue weighted by molar-refractivity contribution is -0.192. The second-order valence-electron chi connectivity index (χ2n) is 6.37. The van der Waals surface area contributed by atoms with Crippen molar-refractivity contribution in [3.05, 3.63) is 23.1 Å². The molecule has 0 spiro atoms. The van der Waals surface area contributed by atoms with Crippen LogP contribution in [0.1, 0.15) is 0 Å². The summed E-state index contributed by atoms with van der Waals surface area (Å²) >= 11 is 5.07. The van der Waals surface area contributed by atoms with Gasteiger partial charge in [0.2, 0.25) is 5.91 Å². The maximum Gasteiger partial charge on any atom is 0.352 e. The average Bonchev–Trinajstić information content (AvgIpc) is 3.49. The Kier molecular flexibility index (Phi) is 6.99. The molecule has 4 heterocycles. The molecule has 2 aromatic rings. The number of amides is 2. The molecule has 13 nitrogen and oxygen atoms in total. The van der Waals surface area contributed by atoms with Gasteiger partial charge in [-0.15, -0.1) is 33.7 Å². The molecular weight excluding hydrogens is 500 g/mol. The first-order valence-corrected chi connectivity index (χ1v) is 12.9. The molecule has 0 bridgehead atoms. The highest BCUT2D eigenvalue weighted by Crippen LogP contribution is 2.47. The van der Waals surface area contributed by atoms with Crippen LogP contribution in [0, 0.1) is 0 Å². The number of tetrazole rings is 1. The maximum atomic E-state index is 13.0. The number of rotatable bonds is 10. The van der Waals surface area contributed by atoms with E-state index in [0.717, 1.165) is 0 Å². The van der Waals surface area contributed by atoms with Gasteiger partial charge in [-0.05, 0) is 22.3 Å². The summed E-state index contributed by atoms with van der Waals surface area (Å²) in [5.41, 5.74) is 0.466. The summed E-state index contributed by atoms with van der Waals surface area (Å²) in [5, 5.41) is 23.4. The minimum atomic E-state index is -1.62. The van der Waals surface area contributed by atoms with E-state index in [0.29, 0.717) is 28.1 Å². The molecule has 0 aliphatic carbocycles. The minimum Gasteiger partial charge on any atom is -0.477 e. The molecule has 4 rings (SSSR count). The van der Waals surface area contributed by atoms with Crippen molar-refractivity contribution in [2.24, 2.45) is 0 Å². The Morgan fingerprint density at radius 2 is 2.31 bits per heavy atom. The predicted octanol–water partition coefficient (Wildman–Crippen LogP) is -0.280. The van der Waals surface area contributed by atoms with Crippen LogP contribution in [0.15, 0.2) is 28.3 Å². The fourth-order valence-electron chi connectivity index (χ4n) is 3.14. The van der Waals surface area contributed by atoms with Gasteiger partial charge in [-0.1, -0.05) is 11.8 Å². The highest BCUT2D eigenvalue weighted by Gasteiger charge is 2.66. The van der Waals surface area contributed by atoms with E-state index >= 15 is 0 Å². The zero-order chi connectivity index (χ0) is 22.7. The van der Waals surface area contributed by atoms with E-state index in [4.69, 9.17) is 4.74 Å². The van der Waals surface area contributed by atoms with Gasteiger partial charge < -0.3 is 15.2 Å². The van der Waals surface area contributed by atoms with E-state index in [-0.39, 0.29) is 11.4 Å². The number of aliphatic carboxylic acids is 1. The van der Waals surface area contributed by atoms with Gasteiger partial charge in [0.25, 0.3) is 11.6 Å². The van der Waals surface area contributed by atoms with E-state index in [1.54, 1.807) is 5.51 Å². The predicted molar refractivity (Wildman–Crippen MR) is 117 cm³/mol. The van der Waals surface area contributed by atoms with E-state index in [9.17, 15) is 19.5 Å². The lowest BCUT2D eigenvalue weighted by Crippen LogP contribution is -2.80. The van der Waals surface area contributed by atoms with Gasteiger partial charge in [0.05, 0.1) is 5.75 Å². The monoisotopic (exact) mass is 516 g/mol. The molecule has 2 atom stereocenters. The van der Waals surface area contributed by atoms with Crippen LogP contribution in [0.25, 0.3) is 0 Å². The molecular formula is C15H16N8O5S4. The molecule has 0 aromatic carbocycles. The zero-order valence-electron chi connectivity index (χ0n) is 16.4. The van der Waals surface area contributed by atoms with Gasteiger partial charge >= 0.3 is 5.97 Å². The van der Waals surface area contributed by atoms with Gasteiger partial charge in [0.1, 0.15) is 22.5 Å². The van der Waals surface area contributed by atoms with Crippen molar-refractivity contribution in [3.8, 4) is 0 Å². The van der Waals surface area contributed by atoms with Gasteiger partial charge in [-0.3, -0.25) is 14.5 Å². The summed E-state index contributed by atoms with van der Waals surface area (Å²) in [6.45, 7) is 0. The fourth-order valence-corrected chi connectivity index (χ4v) is 6.75. The smallest absolute Gasteiger partial charge is 0.352 e. The number of hydrogen-bond donors (Lipinski definition) is 2. The summed E-state index contributed by atoms with van der Waals surface area (Å²) in [4.78, 5) is 44.1. The standard InChI is InChI=1S/C15H16N8O5S4/c1-28-15(19-9(24)4-29-7-22-18-5-17-21-22)12(27)23-10(11(25)26)8(2-30-13(15)23)3-31-14-16-6-32-20-14/h5-6,13H,2-4,7H2,1H3,(H,19,24)(H,25,26)/t13?,15-/m0/s1. The highest BCUT2D eigenvalue weighted by atomic mass is 32.2. The fraction of sp³-hybridized carbons (Fsp3) is 0.467. The van der Waals surface area contributed by atoms with Crippen LogP contribution in [-0.2, 0) is 25.0 Å². The number of nitrogens with one attached hydrogen (secondary N) is 1. The number of carboxylic acids is 1. The number of carbonyl (C=O) groups is 3. The van der Waals surface area contributed by atoms with Gasteiger partial charge in [0, 0.05) is 18.6 Å². The number of nitrogens with zero attached hydrogens (tertiary/aromatic N) is 7. The van der Waals surface area contributed by atoms with Crippen molar-refractivity contribution in [1.82, 2.24) is 39.8 Å². The number of ether oxygens (including phenoxy) is 1. The molecule has 170 valence electrons. The largest absolute Gasteiger partial charge is 0.477 e. The third-order valence-corrected chi connectivity index (χ3v) is 8.30. The molecule has 2 aliphatic rings. The molecule has 1 saturated heterocycles.